The Bertz CT molecular complexity index is 799. The molecule has 2 fully saturated rings. The summed E-state index contributed by atoms with van der Waals surface area (Å²) < 4.78 is 16.2. The second-order valence-electron chi connectivity index (χ2n) is 8.72. The van der Waals surface area contributed by atoms with Crippen LogP contribution in [0.15, 0.2) is 23.2 Å². The summed E-state index contributed by atoms with van der Waals surface area (Å²) in [6.07, 6.45) is 7.30. The van der Waals surface area contributed by atoms with Crippen LogP contribution < -0.4 is 20.5 Å². The number of carbonyl (C=O) groups is 1. The number of carbonyl (C=O) groups excluding carboxylic acids is 1. The molecule has 0 unspecified atom stereocenters. The standard InChI is InChI=1S/C23H34N4O4/c1-2-29-22(28)27-12-8-18(9-13-27)26-21(24)25-15-23(10-4-3-5-11-23)17-6-7-19-20(14-17)31-16-30-19/h6-7,14,18H,2-5,8-13,15-16H2,1H3,(H3,24,25,26). The Morgan fingerprint density at radius 1 is 1.23 bits per heavy atom. The number of guanidine groups is 1. The van der Waals surface area contributed by atoms with Crippen LogP contribution in [0.2, 0.25) is 0 Å². The molecule has 0 spiro atoms. The van der Waals surface area contributed by atoms with Gasteiger partial charge in [0.25, 0.3) is 0 Å². The van der Waals surface area contributed by atoms with Crippen molar-refractivity contribution in [1.29, 1.82) is 0 Å². The normalized spacial score (nSPS) is 21.1. The minimum Gasteiger partial charge on any atom is -0.454 e. The Hall–Kier alpha value is -2.64. The number of piperidine rings is 1. The minimum atomic E-state index is -0.231. The van der Waals surface area contributed by atoms with Gasteiger partial charge in [-0.2, -0.15) is 0 Å². The van der Waals surface area contributed by atoms with Crippen LogP contribution in [0.5, 0.6) is 11.5 Å². The van der Waals surface area contributed by atoms with Gasteiger partial charge >= 0.3 is 6.09 Å². The molecule has 1 amide bonds. The van der Waals surface area contributed by atoms with Crippen molar-refractivity contribution in [3.63, 3.8) is 0 Å². The lowest BCUT2D eigenvalue weighted by molar-refractivity contribution is 0.0963. The predicted octanol–water partition coefficient (Wildman–Crippen LogP) is 3.14. The summed E-state index contributed by atoms with van der Waals surface area (Å²) in [6.45, 7) is 4.52. The van der Waals surface area contributed by atoms with Gasteiger partial charge in [-0.25, -0.2) is 4.79 Å². The molecular formula is C23H34N4O4. The zero-order valence-electron chi connectivity index (χ0n) is 18.4. The van der Waals surface area contributed by atoms with Gasteiger partial charge in [-0.1, -0.05) is 25.3 Å². The molecule has 1 aromatic rings. The van der Waals surface area contributed by atoms with Crippen molar-refractivity contribution in [2.45, 2.75) is 63.3 Å². The van der Waals surface area contributed by atoms with E-state index in [2.05, 4.69) is 17.4 Å². The number of rotatable bonds is 5. The second kappa shape index (κ2) is 9.66. The molecule has 3 aliphatic rings. The Balaban J connectivity index is 1.37. The molecule has 2 aliphatic heterocycles. The first-order valence-electron chi connectivity index (χ1n) is 11.5. The van der Waals surface area contributed by atoms with E-state index in [1.54, 1.807) is 4.90 Å². The predicted molar refractivity (Wildman–Crippen MR) is 119 cm³/mol. The highest BCUT2D eigenvalue weighted by atomic mass is 16.7. The molecule has 31 heavy (non-hydrogen) atoms. The van der Waals surface area contributed by atoms with Crippen molar-refractivity contribution in [2.75, 3.05) is 33.0 Å². The van der Waals surface area contributed by atoms with Gasteiger partial charge in [0.1, 0.15) is 0 Å². The third-order valence-electron chi connectivity index (χ3n) is 6.72. The molecule has 3 N–H and O–H groups in total. The monoisotopic (exact) mass is 430 g/mol. The largest absolute Gasteiger partial charge is 0.454 e. The van der Waals surface area contributed by atoms with E-state index in [0.29, 0.717) is 32.2 Å². The molecule has 0 aromatic heterocycles. The lowest BCUT2D eigenvalue weighted by Crippen LogP contribution is -2.49. The van der Waals surface area contributed by atoms with E-state index in [0.717, 1.165) is 37.2 Å². The van der Waals surface area contributed by atoms with Crippen molar-refractivity contribution < 1.29 is 19.0 Å². The number of hydrogen-bond acceptors (Lipinski definition) is 5. The number of fused-ring (bicyclic) bond motifs is 1. The molecule has 2 heterocycles. The zero-order valence-corrected chi connectivity index (χ0v) is 18.4. The van der Waals surface area contributed by atoms with E-state index in [-0.39, 0.29) is 24.3 Å². The van der Waals surface area contributed by atoms with E-state index in [1.165, 1.54) is 24.8 Å². The van der Waals surface area contributed by atoms with Crippen LogP contribution in [0, 0.1) is 0 Å². The van der Waals surface area contributed by atoms with Gasteiger partial charge in [-0.05, 0) is 50.3 Å². The summed E-state index contributed by atoms with van der Waals surface area (Å²) in [4.78, 5) is 18.4. The molecule has 1 saturated heterocycles. The van der Waals surface area contributed by atoms with E-state index in [1.807, 2.05) is 13.0 Å². The molecular weight excluding hydrogens is 396 g/mol. The van der Waals surface area contributed by atoms with Crippen molar-refractivity contribution in [3.05, 3.63) is 23.8 Å². The van der Waals surface area contributed by atoms with Gasteiger partial charge in [0.2, 0.25) is 6.79 Å². The molecule has 1 saturated carbocycles. The average molecular weight is 431 g/mol. The number of likely N-dealkylation sites (tertiary alicyclic amines) is 1. The number of nitrogens with zero attached hydrogens (tertiary/aromatic N) is 2. The van der Waals surface area contributed by atoms with Crippen molar-refractivity contribution in [1.82, 2.24) is 10.2 Å². The maximum atomic E-state index is 11.9. The topological polar surface area (TPSA) is 98.4 Å². The highest BCUT2D eigenvalue weighted by molar-refractivity contribution is 5.78. The van der Waals surface area contributed by atoms with Crippen LogP contribution in [-0.2, 0) is 10.2 Å². The number of nitrogens with one attached hydrogen (secondary N) is 1. The molecule has 170 valence electrons. The molecule has 0 radical (unpaired) electrons. The van der Waals surface area contributed by atoms with E-state index in [9.17, 15) is 4.79 Å². The Labute approximate surface area is 184 Å². The molecule has 0 bridgehead atoms. The number of benzene rings is 1. The quantitative estimate of drug-likeness (QED) is 0.550. The fourth-order valence-electron chi connectivity index (χ4n) is 4.91. The van der Waals surface area contributed by atoms with Crippen LogP contribution in [0.25, 0.3) is 0 Å². The van der Waals surface area contributed by atoms with Crippen LogP contribution in [0.1, 0.15) is 57.4 Å². The number of hydrogen-bond donors (Lipinski definition) is 2. The molecule has 1 aromatic carbocycles. The van der Waals surface area contributed by atoms with Crippen LogP contribution in [0.3, 0.4) is 0 Å². The lowest BCUT2D eigenvalue weighted by Gasteiger charge is -2.37. The fourth-order valence-corrected chi connectivity index (χ4v) is 4.91. The van der Waals surface area contributed by atoms with Crippen molar-refractivity contribution >= 4 is 12.1 Å². The van der Waals surface area contributed by atoms with Gasteiger partial charge in [0.15, 0.2) is 17.5 Å². The molecule has 8 nitrogen and oxygen atoms in total. The molecule has 8 heteroatoms. The maximum Gasteiger partial charge on any atom is 0.409 e. The third kappa shape index (κ3) is 4.99. The van der Waals surface area contributed by atoms with Crippen LogP contribution in [0.4, 0.5) is 4.79 Å². The van der Waals surface area contributed by atoms with Crippen molar-refractivity contribution in [3.8, 4) is 11.5 Å². The number of ether oxygens (including phenoxy) is 3. The Morgan fingerprint density at radius 3 is 2.71 bits per heavy atom. The first-order chi connectivity index (χ1) is 15.1. The summed E-state index contributed by atoms with van der Waals surface area (Å²) in [5.41, 5.74) is 7.52. The van der Waals surface area contributed by atoms with Crippen LogP contribution >= 0.6 is 0 Å². The number of aliphatic imine (C=N–C) groups is 1. The first-order valence-corrected chi connectivity index (χ1v) is 11.5. The van der Waals surface area contributed by atoms with E-state index < -0.39 is 0 Å². The summed E-state index contributed by atoms with van der Waals surface area (Å²) in [5.74, 6) is 2.12. The highest BCUT2D eigenvalue weighted by Crippen LogP contribution is 2.43. The molecule has 0 atom stereocenters. The van der Waals surface area contributed by atoms with Gasteiger partial charge in [-0.15, -0.1) is 0 Å². The van der Waals surface area contributed by atoms with Crippen LogP contribution in [-0.4, -0.2) is 56.0 Å². The van der Waals surface area contributed by atoms with E-state index in [4.69, 9.17) is 24.9 Å². The molecule has 4 rings (SSSR count). The lowest BCUT2D eigenvalue weighted by atomic mass is 9.69. The maximum absolute atomic E-state index is 11.9. The SMILES string of the molecule is CCOC(=O)N1CCC(NC(N)=NCC2(c3ccc4c(c3)OCO4)CCCCC2)CC1. The Morgan fingerprint density at radius 2 is 1.97 bits per heavy atom. The summed E-state index contributed by atoms with van der Waals surface area (Å²) >= 11 is 0. The van der Waals surface area contributed by atoms with Gasteiger partial charge in [0.05, 0.1) is 13.2 Å². The minimum absolute atomic E-state index is 0.0151. The smallest absolute Gasteiger partial charge is 0.409 e. The van der Waals surface area contributed by atoms with E-state index >= 15 is 0 Å². The average Bonchev–Trinajstić information content (AvgIpc) is 3.27. The second-order valence-corrected chi connectivity index (χ2v) is 8.72. The number of amides is 1. The number of nitrogens with two attached hydrogens (primary N) is 1. The Kier molecular flexibility index (Phi) is 6.73. The summed E-state index contributed by atoms with van der Waals surface area (Å²) in [7, 11) is 0. The fraction of sp³-hybridized carbons (Fsp3) is 0.652. The zero-order chi connectivity index (χ0) is 21.7. The van der Waals surface area contributed by atoms with Gasteiger partial charge in [0, 0.05) is 24.5 Å². The highest BCUT2D eigenvalue weighted by Gasteiger charge is 2.35. The summed E-state index contributed by atoms with van der Waals surface area (Å²) in [6, 6.07) is 6.51. The summed E-state index contributed by atoms with van der Waals surface area (Å²) in [5, 5.41) is 3.36. The van der Waals surface area contributed by atoms with Gasteiger partial charge < -0.3 is 30.2 Å². The third-order valence-corrected chi connectivity index (χ3v) is 6.72. The van der Waals surface area contributed by atoms with Gasteiger partial charge in [-0.3, -0.25) is 4.99 Å². The van der Waals surface area contributed by atoms with Crippen molar-refractivity contribution in [2.24, 2.45) is 10.7 Å². The first kappa shape index (κ1) is 21.6. The molecule has 1 aliphatic carbocycles.